The number of thioether (sulfide) groups is 1. The van der Waals surface area contributed by atoms with Crippen molar-refractivity contribution in [2.24, 2.45) is 0 Å². The highest BCUT2D eigenvalue weighted by atomic mass is 32.2. The van der Waals surface area contributed by atoms with Gasteiger partial charge in [0.1, 0.15) is 0 Å². The van der Waals surface area contributed by atoms with Crippen LogP contribution < -0.4 is 5.32 Å². The number of amides is 1. The lowest BCUT2D eigenvalue weighted by molar-refractivity contribution is -0.121. The standard InChI is InChI=1S/C20H26N2O4S2/c1-28(24,25)18-5-2-16(3-6-18)4-7-20(23)21-14-19(17-8-11-26-15-17)22-9-12-27-13-10-22/h2-3,5-6,8,11,15,19H,4,7,9-10,12-14H2,1H3,(H,21,23). The molecule has 0 spiro atoms. The van der Waals surface area contributed by atoms with Gasteiger partial charge in [-0.15, -0.1) is 0 Å². The van der Waals surface area contributed by atoms with Crippen LogP contribution in [-0.2, 0) is 21.1 Å². The van der Waals surface area contributed by atoms with Gasteiger partial charge in [-0.1, -0.05) is 12.1 Å². The summed E-state index contributed by atoms with van der Waals surface area (Å²) >= 11 is 1.96. The number of benzene rings is 1. The van der Waals surface area contributed by atoms with Gasteiger partial charge in [0, 0.05) is 49.4 Å². The van der Waals surface area contributed by atoms with Crippen molar-refractivity contribution in [1.82, 2.24) is 10.2 Å². The quantitative estimate of drug-likeness (QED) is 0.704. The van der Waals surface area contributed by atoms with Crippen molar-refractivity contribution in [3.63, 3.8) is 0 Å². The lowest BCUT2D eigenvalue weighted by Gasteiger charge is -2.34. The Balaban J connectivity index is 1.52. The average Bonchev–Trinajstić information content (AvgIpc) is 3.21. The number of nitrogens with zero attached hydrogens (tertiary/aromatic N) is 1. The van der Waals surface area contributed by atoms with Crippen LogP contribution in [0.2, 0.25) is 0 Å². The molecule has 0 aliphatic carbocycles. The fraction of sp³-hybridized carbons (Fsp3) is 0.450. The molecule has 1 aromatic heterocycles. The summed E-state index contributed by atoms with van der Waals surface area (Å²) in [5.74, 6) is 2.20. The number of furan rings is 1. The molecule has 1 aliphatic heterocycles. The number of rotatable bonds is 8. The molecule has 2 heterocycles. The molecule has 1 N–H and O–H groups in total. The van der Waals surface area contributed by atoms with Crippen LogP contribution >= 0.6 is 11.8 Å². The number of sulfone groups is 1. The summed E-state index contributed by atoms with van der Waals surface area (Å²) in [6, 6.07) is 8.80. The van der Waals surface area contributed by atoms with E-state index in [4.69, 9.17) is 4.42 Å². The van der Waals surface area contributed by atoms with Crippen LogP contribution in [0, 0.1) is 0 Å². The summed E-state index contributed by atoms with van der Waals surface area (Å²) in [6.07, 6.45) is 5.55. The summed E-state index contributed by atoms with van der Waals surface area (Å²) in [5, 5.41) is 3.05. The maximum Gasteiger partial charge on any atom is 0.220 e. The van der Waals surface area contributed by atoms with E-state index in [2.05, 4.69) is 10.2 Å². The molecule has 1 amide bonds. The lowest BCUT2D eigenvalue weighted by Crippen LogP contribution is -2.42. The smallest absolute Gasteiger partial charge is 0.220 e. The van der Waals surface area contributed by atoms with Gasteiger partial charge in [-0.2, -0.15) is 11.8 Å². The molecule has 1 saturated heterocycles. The molecule has 28 heavy (non-hydrogen) atoms. The number of nitrogens with one attached hydrogen (secondary N) is 1. The van der Waals surface area contributed by atoms with Gasteiger partial charge in [-0.25, -0.2) is 8.42 Å². The Labute approximate surface area is 170 Å². The minimum Gasteiger partial charge on any atom is -0.472 e. The van der Waals surface area contributed by atoms with Crippen molar-refractivity contribution in [3.8, 4) is 0 Å². The van der Waals surface area contributed by atoms with Crippen LogP contribution in [0.1, 0.15) is 23.6 Å². The van der Waals surface area contributed by atoms with E-state index in [1.807, 2.05) is 17.8 Å². The Morgan fingerprint density at radius 2 is 1.93 bits per heavy atom. The van der Waals surface area contributed by atoms with E-state index in [0.29, 0.717) is 24.3 Å². The molecule has 3 rings (SSSR count). The van der Waals surface area contributed by atoms with E-state index in [-0.39, 0.29) is 11.9 Å². The average molecular weight is 423 g/mol. The first-order valence-electron chi connectivity index (χ1n) is 9.33. The second kappa shape index (κ2) is 9.62. The van der Waals surface area contributed by atoms with Crippen molar-refractivity contribution in [2.45, 2.75) is 23.8 Å². The molecule has 2 aromatic rings. The Hall–Kier alpha value is -1.77. The van der Waals surface area contributed by atoms with E-state index >= 15 is 0 Å². The number of carbonyl (C=O) groups excluding carboxylic acids is 1. The summed E-state index contributed by atoms with van der Waals surface area (Å²) in [4.78, 5) is 15.0. The Morgan fingerprint density at radius 3 is 2.54 bits per heavy atom. The van der Waals surface area contributed by atoms with Gasteiger partial charge in [-0.3, -0.25) is 9.69 Å². The van der Waals surface area contributed by atoms with Gasteiger partial charge in [0.2, 0.25) is 5.91 Å². The second-order valence-electron chi connectivity index (χ2n) is 6.94. The Bertz CT molecular complexity index is 858. The Kier molecular flexibility index (Phi) is 7.20. The third-order valence-electron chi connectivity index (χ3n) is 4.90. The zero-order valence-electron chi connectivity index (χ0n) is 16.0. The minimum atomic E-state index is -3.19. The van der Waals surface area contributed by atoms with Crippen LogP contribution in [0.4, 0.5) is 0 Å². The van der Waals surface area contributed by atoms with Gasteiger partial charge in [0.05, 0.1) is 23.5 Å². The molecular formula is C20H26N2O4S2. The molecule has 0 saturated carbocycles. The maximum absolute atomic E-state index is 12.3. The van der Waals surface area contributed by atoms with Gasteiger partial charge in [-0.05, 0) is 30.2 Å². The van der Waals surface area contributed by atoms with Gasteiger partial charge >= 0.3 is 0 Å². The van der Waals surface area contributed by atoms with Crippen molar-refractivity contribution >= 4 is 27.5 Å². The summed E-state index contributed by atoms with van der Waals surface area (Å²) in [6.45, 7) is 2.56. The lowest BCUT2D eigenvalue weighted by atomic mass is 10.1. The monoisotopic (exact) mass is 422 g/mol. The SMILES string of the molecule is CS(=O)(=O)c1ccc(CCC(=O)NCC(c2ccoc2)N2CCSCC2)cc1. The van der Waals surface area contributed by atoms with Crippen molar-refractivity contribution in [3.05, 3.63) is 54.0 Å². The fourth-order valence-electron chi connectivity index (χ4n) is 3.27. The first kappa shape index (κ1) is 21.0. The largest absolute Gasteiger partial charge is 0.472 e. The van der Waals surface area contributed by atoms with Crippen LogP contribution in [0.25, 0.3) is 0 Å². The fourth-order valence-corrected chi connectivity index (χ4v) is 4.83. The highest BCUT2D eigenvalue weighted by molar-refractivity contribution is 7.99. The van der Waals surface area contributed by atoms with Crippen molar-refractivity contribution in [2.75, 3.05) is 37.4 Å². The number of carbonyl (C=O) groups is 1. The zero-order valence-corrected chi connectivity index (χ0v) is 17.6. The molecule has 1 fully saturated rings. The van der Waals surface area contributed by atoms with E-state index < -0.39 is 9.84 Å². The van der Waals surface area contributed by atoms with Crippen molar-refractivity contribution < 1.29 is 17.6 Å². The van der Waals surface area contributed by atoms with Crippen LogP contribution in [-0.4, -0.2) is 56.6 Å². The molecule has 0 radical (unpaired) electrons. The molecule has 1 aromatic carbocycles. The highest BCUT2D eigenvalue weighted by Gasteiger charge is 2.23. The third kappa shape index (κ3) is 5.86. The number of hydrogen-bond donors (Lipinski definition) is 1. The van der Waals surface area contributed by atoms with E-state index in [1.54, 1.807) is 36.8 Å². The predicted molar refractivity (Wildman–Crippen MR) is 111 cm³/mol. The zero-order chi connectivity index (χ0) is 20.0. The van der Waals surface area contributed by atoms with Crippen LogP contribution in [0.3, 0.4) is 0 Å². The molecular weight excluding hydrogens is 396 g/mol. The molecule has 1 atom stereocenters. The summed E-state index contributed by atoms with van der Waals surface area (Å²) < 4.78 is 28.3. The summed E-state index contributed by atoms with van der Waals surface area (Å²) in [5.41, 5.74) is 2.03. The first-order chi connectivity index (χ1) is 13.4. The molecule has 6 nitrogen and oxygen atoms in total. The third-order valence-corrected chi connectivity index (χ3v) is 6.97. The van der Waals surface area contributed by atoms with Gasteiger partial charge in [0.25, 0.3) is 0 Å². The molecule has 0 bridgehead atoms. The topological polar surface area (TPSA) is 79.6 Å². The number of hydrogen-bond acceptors (Lipinski definition) is 6. The van der Waals surface area contributed by atoms with E-state index in [1.165, 1.54) is 6.26 Å². The maximum atomic E-state index is 12.3. The Morgan fingerprint density at radius 1 is 1.21 bits per heavy atom. The highest BCUT2D eigenvalue weighted by Crippen LogP contribution is 2.24. The van der Waals surface area contributed by atoms with Crippen molar-refractivity contribution in [1.29, 1.82) is 0 Å². The minimum absolute atomic E-state index is 0.00734. The van der Waals surface area contributed by atoms with E-state index in [9.17, 15) is 13.2 Å². The molecule has 152 valence electrons. The van der Waals surface area contributed by atoms with Gasteiger partial charge < -0.3 is 9.73 Å². The first-order valence-corrected chi connectivity index (χ1v) is 12.4. The molecule has 1 aliphatic rings. The van der Waals surface area contributed by atoms with E-state index in [0.717, 1.165) is 35.7 Å². The molecule has 8 heteroatoms. The van der Waals surface area contributed by atoms with Crippen LogP contribution in [0.15, 0.2) is 52.2 Å². The normalized spacial score (nSPS) is 16.6. The van der Waals surface area contributed by atoms with Gasteiger partial charge in [0.15, 0.2) is 9.84 Å². The second-order valence-corrected chi connectivity index (χ2v) is 10.2. The number of aryl methyl sites for hydroxylation is 1. The van der Waals surface area contributed by atoms with Crippen LogP contribution in [0.5, 0.6) is 0 Å². The summed E-state index contributed by atoms with van der Waals surface area (Å²) in [7, 11) is -3.19. The predicted octanol–water partition coefficient (Wildman–Crippen LogP) is 2.52. The molecule has 1 unspecified atom stereocenters.